The zero-order valence-corrected chi connectivity index (χ0v) is 16.8. The number of amidine groups is 1. The van der Waals surface area contributed by atoms with E-state index in [-0.39, 0.29) is 40.9 Å². The quantitative estimate of drug-likeness (QED) is 0.767. The fraction of sp³-hybridized carbons (Fsp3) is 0.300. The van der Waals surface area contributed by atoms with Crippen molar-refractivity contribution in [2.75, 3.05) is 16.4 Å². The average Bonchev–Trinajstić information content (AvgIpc) is 3.08. The topological polar surface area (TPSA) is 66.8 Å². The van der Waals surface area contributed by atoms with E-state index >= 15 is 0 Å². The molecule has 0 N–H and O–H groups in total. The number of thioether (sulfide) groups is 1. The van der Waals surface area contributed by atoms with Crippen molar-refractivity contribution in [3.05, 3.63) is 65.5 Å². The van der Waals surface area contributed by atoms with Crippen LogP contribution in [-0.4, -0.2) is 42.3 Å². The third kappa shape index (κ3) is 3.84. The van der Waals surface area contributed by atoms with Gasteiger partial charge in [-0.15, -0.1) is 0 Å². The second kappa shape index (κ2) is 7.33. The van der Waals surface area contributed by atoms with Gasteiger partial charge in [0.2, 0.25) is 0 Å². The monoisotopic (exact) mass is 418 g/mol. The number of nitrogens with zero attached hydrogens (tertiary/aromatic N) is 2. The summed E-state index contributed by atoms with van der Waals surface area (Å²) >= 11 is 1.35. The van der Waals surface area contributed by atoms with E-state index in [1.54, 1.807) is 12.1 Å². The molecule has 2 unspecified atom stereocenters. The lowest BCUT2D eigenvalue weighted by Crippen LogP contribution is -2.38. The van der Waals surface area contributed by atoms with E-state index in [0.29, 0.717) is 10.7 Å². The summed E-state index contributed by atoms with van der Waals surface area (Å²) in [6.45, 7) is 1.95. The number of hydrogen-bond donors (Lipinski definition) is 0. The molecule has 0 saturated carbocycles. The Morgan fingerprint density at radius 1 is 1.18 bits per heavy atom. The van der Waals surface area contributed by atoms with Crippen LogP contribution in [0.3, 0.4) is 0 Å². The molecule has 2 aromatic rings. The van der Waals surface area contributed by atoms with Crippen LogP contribution in [0.2, 0.25) is 0 Å². The summed E-state index contributed by atoms with van der Waals surface area (Å²) in [6, 6.07) is 13.2. The molecule has 0 spiro atoms. The summed E-state index contributed by atoms with van der Waals surface area (Å²) in [5.41, 5.74) is 2.55. The molecule has 8 heteroatoms. The highest BCUT2D eigenvalue weighted by Crippen LogP contribution is 2.41. The van der Waals surface area contributed by atoms with Gasteiger partial charge >= 0.3 is 0 Å². The van der Waals surface area contributed by atoms with Gasteiger partial charge in [0.05, 0.1) is 24.0 Å². The molecule has 2 fully saturated rings. The van der Waals surface area contributed by atoms with Gasteiger partial charge in [-0.05, 0) is 36.2 Å². The van der Waals surface area contributed by atoms with Crippen LogP contribution in [0.15, 0.2) is 53.5 Å². The number of hydrogen-bond acceptors (Lipinski definition) is 4. The van der Waals surface area contributed by atoms with E-state index in [4.69, 9.17) is 0 Å². The first-order valence-corrected chi connectivity index (χ1v) is 11.6. The van der Waals surface area contributed by atoms with Crippen molar-refractivity contribution >= 4 is 38.4 Å². The second-order valence-corrected chi connectivity index (χ2v) is 10.4. The van der Waals surface area contributed by atoms with Crippen molar-refractivity contribution < 1.29 is 17.6 Å². The van der Waals surface area contributed by atoms with Crippen molar-refractivity contribution in [3.63, 3.8) is 0 Å². The SMILES string of the molecule is Cc1ccccc1N1C(=NC(=O)Cc2ccc(F)cc2)SC2CS(=O)(=O)CC21. The summed E-state index contributed by atoms with van der Waals surface area (Å²) < 4.78 is 37.3. The van der Waals surface area contributed by atoms with Crippen LogP contribution in [0.5, 0.6) is 0 Å². The van der Waals surface area contributed by atoms with Crippen molar-refractivity contribution in [3.8, 4) is 0 Å². The molecule has 2 heterocycles. The van der Waals surface area contributed by atoms with Gasteiger partial charge in [-0.25, -0.2) is 12.8 Å². The van der Waals surface area contributed by atoms with Gasteiger partial charge in [0, 0.05) is 10.9 Å². The summed E-state index contributed by atoms with van der Waals surface area (Å²) in [7, 11) is -3.10. The van der Waals surface area contributed by atoms with E-state index < -0.39 is 9.84 Å². The first-order valence-electron chi connectivity index (χ1n) is 8.90. The van der Waals surface area contributed by atoms with Crippen molar-refractivity contribution in [2.24, 2.45) is 4.99 Å². The molecule has 0 bridgehead atoms. The van der Waals surface area contributed by atoms with Gasteiger partial charge in [-0.1, -0.05) is 42.1 Å². The minimum absolute atomic E-state index is 0.0597. The number of amides is 1. The van der Waals surface area contributed by atoms with Gasteiger partial charge in [0.15, 0.2) is 15.0 Å². The first-order chi connectivity index (χ1) is 13.3. The van der Waals surface area contributed by atoms with Gasteiger partial charge in [0.1, 0.15) is 5.82 Å². The van der Waals surface area contributed by atoms with Crippen LogP contribution in [0.4, 0.5) is 10.1 Å². The zero-order valence-electron chi connectivity index (χ0n) is 15.2. The van der Waals surface area contributed by atoms with E-state index in [1.807, 2.05) is 36.1 Å². The van der Waals surface area contributed by atoms with Gasteiger partial charge < -0.3 is 4.90 Å². The molecule has 2 atom stereocenters. The fourth-order valence-electron chi connectivity index (χ4n) is 3.60. The lowest BCUT2D eigenvalue weighted by Gasteiger charge is -2.26. The second-order valence-electron chi connectivity index (χ2n) is 7.05. The molecule has 2 saturated heterocycles. The molecule has 4 rings (SSSR count). The summed E-state index contributed by atoms with van der Waals surface area (Å²) in [5.74, 6) is -0.538. The van der Waals surface area contributed by atoms with E-state index in [0.717, 1.165) is 11.3 Å². The molecule has 0 radical (unpaired) electrons. The minimum atomic E-state index is -3.10. The molecule has 2 aromatic carbocycles. The number of aryl methyl sites for hydroxylation is 1. The van der Waals surface area contributed by atoms with E-state index in [9.17, 15) is 17.6 Å². The normalized spacial score (nSPS) is 24.5. The number of benzene rings is 2. The van der Waals surface area contributed by atoms with Gasteiger partial charge in [-0.3, -0.25) is 4.79 Å². The van der Waals surface area contributed by atoms with Crippen molar-refractivity contribution in [2.45, 2.75) is 24.6 Å². The Kier molecular flexibility index (Phi) is 5.01. The molecule has 2 aliphatic rings. The van der Waals surface area contributed by atoms with Crippen LogP contribution < -0.4 is 4.90 Å². The number of aliphatic imine (C=N–C) groups is 1. The Balaban J connectivity index is 1.65. The average molecular weight is 419 g/mol. The number of halogens is 1. The summed E-state index contributed by atoms with van der Waals surface area (Å²) in [6.07, 6.45) is 0.0690. The molecule has 0 aliphatic carbocycles. The maximum atomic E-state index is 13.1. The third-order valence-corrected chi connectivity index (χ3v) is 8.14. The number of fused-ring (bicyclic) bond motifs is 1. The predicted octanol–water partition coefficient (Wildman–Crippen LogP) is 2.98. The Morgan fingerprint density at radius 3 is 2.61 bits per heavy atom. The molecule has 2 aliphatic heterocycles. The number of carbonyl (C=O) groups is 1. The number of para-hydroxylation sites is 1. The zero-order chi connectivity index (χ0) is 19.9. The molecule has 0 aromatic heterocycles. The number of carbonyl (C=O) groups excluding carboxylic acids is 1. The van der Waals surface area contributed by atoms with Crippen LogP contribution in [0.25, 0.3) is 0 Å². The molecule has 28 heavy (non-hydrogen) atoms. The standard InChI is InChI=1S/C20H19FN2O3S2/c1-13-4-2-3-5-16(13)23-17-11-28(25,26)12-18(17)27-20(23)22-19(24)10-14-6-8-15(21)9-7-14/h2-9,17-18H,10-12H2,1H3. The number of rotatable bonds is 3. The summed E-state index contributed by atoms with van der Waals surface area (Å²) in [5, 5.41) is 0.397. The Bertz CT molecular complexity index is 1050. The lowest BCUT2D eigenvalue weighted by atomic mass is 10.1. The van der Waals surface area contributed by atoms with Gasteiger partial charge in [-0.2, -0.15) is 4.99 Å². The third-order valence-electron chi connectivity index (χ3n) is 4.93. The van der Waals surface area contributed by atoms with Crippen LogP contribution >= 0.6 is 11.8 Å². The highest BCUT2D eigenvalue weighted by atomic mass is 32.2. The molecular weight excluding hydrogens is 399 g/mol. The van der Waals surface area contributed by atoms with Crippen LogP contribution in [0, 0.1) is 12.7 Å². The predicted molar refractivity (Wildman–Crippen MR) is 110 cm³/mol. The fourth-order valence-corrected chi connectivity index (χ4v) is 7.53. The minimum Gasteiger partial charge on any atom is -0.315 e. The highest BCUT2D eigenvalue weighted by Gasteiger charge is 2.49. The smallest absolute Gasteiger partial charge is 0.252 e. The lowest BCUT2D eigenvalue weighted by molar-refractivity contribution is -0.117. The Labute approximate surface area is 167 Å². The van der Waals surface area contributed by atoms with E-state index in [2.05, 4.69) is 4.99 Å². The maximum Gasteiger partial charge on any atom is 0.252 e. The first kappa shape index (κ1) is 19.1. The number of anilines is 1. The van der Waals surface area contributed by atoms with Crippen molar-refractivity contribution in [1.29, 1.82) is 0 Å². The summed E-state index contributed by atoms with van der Waals surface area (Å²) in [4.78, 5) is 18.7. The number of sulfone groups is 1. The maximum absolute atomic E-state index is 13.1. The van der Waals surface area contributed by atoms with E-state index in [1.165, 1.54) is 23.9 Å². The molecule has 146 valence electrons. The van der Waals surface area contributed by atoms with Crippen LogP contribution in [-0.2, 0) is 21.1 Å². The highest BCUT2D eigenvalue weighted by molar-refractivity contribution is 8.16. The molecule has 5 nitrogen and oxygen atoms in total. The molecule has 1 amide bonds. The largest absolute Gasteiger partial charge is 0.315 e. The van der Waals surface area contributed by atoms with Crippen molar-refractivity contribution in [1.82, 2.24) is 0 Å². The Hall–Kier alpha value is -2.19. The molecular formula is C20H19FN2O3S2. The van der Waals surface area contributed by atoms with Crippen LogP contribution in [0.1, 0.15) is 11.1 Å². The Morgan fingerprint density at radius 2 is 1.89 bits per heavy atom. The van der Waals surface area contributed by atoms with Gasteiger partial charge in [0.25, 0.3) is 5.91 Å².